The highest BCUT2D eigenvalue weighted by Gasteiger charge is 2.27. The van der Waals surface area contributed by atoms with Crippen molar-refractivity contribution in [3.05, 3.63) is 58.4 Å². The normalized spacial score (nSPS) is 15.3. The van der Waals surface area contributed by atoms with Gasteiger partial charge in [0.1, 0.15) is 5.84 Å². The summed E-state index contributed by atoms with van der Waals surface area (Å²) in [5.41, 5.74) is 3.52. The first-order chi connectivity index (χ1) is 12.7. The molecule has 142 valence electrons. The molecule has 1 fully saturated rings. The Morgan fingerprint density at radius 1 is 1.00 bits per heavy atom. The minimum Gasteiger partial charge on any atom is -0.285 e. The van der Waals surface area contributed by atoms with E-state index in [4.69, 9.17) is 69.6 Å². The molecule has 2 aromatic carbocycles. The summed E-state index contributed by atoms with van der Waals surface area (Å²) in [4.78, 5) is 14.8. The number of hydrazine groups is 1. The quantitative estimate of drug-likeness (QED) is 0.219. The maximum absolute atomic E-state index is 10.9. The Morgan fingerprint density at radius 2 is 1.59 bits per heavy atom. The van der Waals surface area contributed by atoms with Gasteiger partial charge in [0.05, 0.1) is 46.4 Å². The summed E-state index contributed by atoms with van der Waals surface area (Å²) in [6.45, 7) is 0.444. The van der Waals surface area contributed by atoms with E-state index in [-0.39, 0.29) is 41.5 Å². The molecule has 0 atom stereocenters. The van der Waals surface area contributed by atoms with Gasteiger partial charge in [-0.3, -0.25) is 20.5 Å². The number of hydrogen-bond acceptors (Lipinski definition) is 4. The first-order valence-electron chi connectivity index (χ1n) is 7.27. The van der Waals surface area contributed by atoms with Crippen molar-refractivity contribution >= 4 is 92.5 Å². The molecule has 0 spiro atoms. The van der Waals surface area contributed by atoms with Gasteiger partial charge >= 0.3 is 0 Å². The lowest BCUT2D eigenvalue weighted by Crippen LogP contribution is -2.33. The van der Waals surface area contributed by atoms with Gasteiger partial charge in [-0.1, -0.05) is 69.6 Å². The van der Waals surface area contributed by atoms with Gasteiger partial charge in [-0.2, -0.15) is 0 Å². The van der Waals surface area contributed by atoms with Gasteiger partial charge in [-0.25, -0.2) is 4.99 Å². The van der Waals surface area contributed by atoms with Gasteiger partial charge in [0.15, 0.2) is 0 Å². The predicted molar refractivity (Wildman–Crippen MR) is 112 cm³/mol. The summed E-state index contributed by atoms with van der Waals surface area (Å²) in [5.74, 6) is 0.506. The van der Waals surface area contributed by atoms with Gasteiger partial charge in [-0.15, -0.1) is 0 Å². The third-order valence-electron chi connectivity index (χ3n) is 3.69. The van der Waals surface area contributed by atoms with E-state index < -0.39 is 4.92 Å². The number of hydrogen-bond donors (Lipinski definition) is 1. The molecule has 0 saturated carbocycles. The molecule has 0 radical (unpaired) electrons. The van der Waals surface area contributed by atoms with E-state index in [1.54, 1.807) is 5.01 Å². The molecule has 0 amide bonds. The zero-order valence-electron chi connectivity index (χ0n) is 13.1. The minimum absolute atomic E-state index is 0.0635. The van der Waals surface area contributed by atoms with E-state index in [0.29, 0.717) is 24.5 Å². The van der Waals surface area contributed by atoms with E-state index >= 15 is 0 Å². The molecule has 1 N–H and O–H groups in total. The molecule has 12 heteroatoms. The Bertz CT molecular complexity index is 952. The summed E-state index contributed by atoms with van der Waals surface area (Å²) < 4.78 is 0. The van der Waals surface area contributed by atoms with E-state index in [1.165, 1.54) is 18.2 Å². The molecule has 0 aliphatic carbocycles. The molecule has 0 bridgehead atoms. The van der Waals surface area contributed by atoms with Gasteiger partial charge in [-0.05, 0) is 6.07 Å². The van der Waals surface area contributed by atoms with E-state index in [9.17, 15) is 10.1 Å². The molecule has 1 heterocycles. The maximum Gasteiger partial charge on any atom is 0.271 e. The SMILES string of the molecule is O=[N+]([O-])c1ccc(Cl)c(N=C2CCN(c3c(Cl)c(Cl)c(Cl)c(Cl)c3Cl)N2)c1. The highest BCUT2D eigenvalue weighted by Crippen LogP contribution is 2.48. The highest BCUT2D eigenvalue weighted by molar-refractivity contribution is 6.56. The van der Waals surface area contributed by atoms with Gasteiger partial charge in [0.2, 0.25) is 0 Å². The van der Waals surface area contributed by atoms with Gasteiger partial charge in [0, 0.05) is 25.1 Å². The number of halogens is 6. The molecule has 1 aliphatic rings. The highest BCUT2D eigenvalue weighted by atomic mass is 35.5. The predicted octanol–water partition coefficient (Wildman–Crippen LogP) is 6.96. The average molecular weight is 489 g/mol. The Labute approximate surface area is 183 Å². The van der Waals surface area contributed by atoms with Crippen LogP contribution in [-0.4, -0.2) is 17.3 Å². The Balaban J connectivity index is 1.94. The molecule has 0 aromatic heterocycles. The number of nitro benzene ring substituents is 1. The van der Waals surface area contributed by atoms with Crippen LogP contribution in [-0.2, 0) is 0 Å². The van der Waals surface area contributed by atoms with Crippen LogP contribution in [0.3, 0.4) is 0 Å². The first-order valence-corrected chi connectivity index (χ1v) is 9.54. The minimum atomic E-state index is -0.522. The zero-order chi connectivity index (χ0) is 19.9. The standard InChI is InChI=1S/C15H8Cl6N4O2/c16-7-2-1-6(25(26)27)5-8(7)22-9-3-4-24(23-9)15-13(20)11(18)10(17)12(19)14(15)21/h1-2,5H,3-4H2,(H,22,23). The van der Waals surface area contributed by atoms with Crippen molar-refractivity contribution in [2.75, 3.05) is 11.6 Å². The van der Waals surface area contributed by atoms with Crippen LogP contribution in [0.25, 0.3) is 0 Å². The van der Waals surface area contributed by atoms with Crippen molar-refractivity contribution in [1.29, 1.82) is 0 Å². The second-order valence-corrected chi connectivity index (χ2v) is 7.68. The van der Waals surface area contributed by atoms with E-state index in [1.807, 2.05) is 0 Å². The van der Waals surface area contributed by atoms with Crippen molar-refractivity contribution in [3.63, 3.8) is 0 Å². The number of aliphatic imine (C=N–C) groups is 1. The third kappa shape index (κ3) is 4.01. The lowest BCUT2D eigenvalue weighted by atomic mass is 10.3. The van der Waals surface area contributed by atoms with E-state index in [2.05, 4.69) is 10.4 Å². The van der Waals surface area contributed by atoms with Crippen molar-refractivity contribution in [2.24, 2.45) is 4.99 Å². The van der Waals surface area contributed by atoms with Crippen LogP contribution in [0.5, 0.6) is 0 Å². The molecular formula is C15H8Cl6N4O2. The summed E-state index contributed by atoms with van der Waals surface area (Å²) in [6, 6.07) is 4.01. The molecule has 3 rings (SSSR count). The number of amidine groups is 1. The number of nitrogens with one attached hydrogen (secondary N) is 1. The molecule has 0 unspecified atom stereocenters. The first kappa shape index (κ1) is 20.6. The Morgan fingerprint density at radius 3 is 2.19 bits per heavy atom. The molecule has 27 heavy (non-hydrogen) atoms. The van der Waals surface area contributed by atoms with Crippen molar-refractivity contribution in [3.8, 4) is 0 Å². The number of non-ortho nitro benzene ring substituents is 1. The van der Waals surface area contributed by atoms with E-state index in [0.717, 1.165) is 0 Å². The second-order valence-electron chi connectivity index (χ2n) is 5.38. The molecule has 1 aliphatic heterocycles. The summed E-state index contributed by atoms with van der Waals surface area (Å²) in [5, 5.41) is 13.3. The van der Waals surface area contributed by atoms with Crippen molar-refractivity contribution in [1.82, 2.24) is 5.43 Å². The molecular weight excluding hydrogens is 481 g/mol. The van der Waals surface area contributed by atoms with Crippen molar-refractivity contribution in [2.45, 2.75) is 6.42 Å². The van der Waals surface area contributed by atoms with Crippen LogP contribution < -0.4 is 10.4 Å². The van der Waals surface area contributed by atoms with Gasteiger partial charge < -0.3 is 0 Å². The fraction of sp³-hybridized carbons (Fsp3) is 0.133. The maximum atomic E-state index is 10.9. The Kier molecular flexibility index (Phi) is 6.15. The Hall–Kier alpha value is -1.15. The molecule has 1 saturated heterocycles. The average Bonchev–Trinajstić information content (AvgIpc) is 3.08. The number of nitro groups is 1. The summed E-state index contributed by atoms with van der Waals surface area (Å²) in [6.07, 6.45) is 0.476. The fourth-order valence-electron chi connectivity index (χ4n) is 2.41. The number of nitrogens with zero attached hydrogens (tertiary/aromatic N) is 3. The molecule has 6 nitrogen and oxygen atoms in total. The topological polar surface area (TPSA) is 70.8 Å². The van der Waals surface area contributed by atoms with Crippen LogP contribution in [0.2, 0.25) is 30.1 Å². The van der Waals surface area contributed by atoms with Crippen LogP contribution in [0.15, 0.2) is 23.2 Å². The third-order valence-corrected chi connectivity index (χ3v) is 6.27. The monoisotopic (exact) mass is 486 g/mol. The smallest absolute Gasteiger partial charge is 0.271 e. The number of benzene rings is 2. The van der Waals surface area contributed by atoms with Gasteiger partial charge in [0.25, 0.3) is 5.69 Å². The van der Waals surface area contributed by atoms with Crippen LogP contribution in [0, 0.1) is 10.1 Å². The van der Waals surface area contributed by atoms with Crippen molar-refractivity contribution < 1.29 is 4.92 Å². The molecule has 2 aromatic rings. The fourth-order valence-corrected chi connectivity index (χ4v) is 3.90. The van der Waals surface area contributed by atoms with Crippen LogP contribution in [0.1, 0.15) is 6.42 Å². The van der Waals surface area contributed by atoms with Crippen LogP contribution in [0.4, 0.5) is 17.1 Å². The second kappa shape index (κ2) is 8.07. The summed E-state index contributed by atoms with van der Waals surface area (Å²) in [7, 11) is 0. The summed E-state index contributed by atoms with van der Waals surface area (Å²) >= 11 is 36.8. The lowest BCUT2D eigenvalue weighted by molar-refractivity contribution is -0.384. The lowest BCUT2D eigenvalue weighted by Gasteiger charge is -2.22. The van der Waals surface area contributed by atoms with Crippen LogP contribution >= 0.6 is 69.6 Å². The number of rotatable bonds is 3. The largest absolute Gasteiger partial charge is 0.285 e. The number of anilines is 1. The zero-order valence-corrected chi connectivity index (χ0v) is 17.6.